The van der Waals surface area contributed by atoms with Gasteiger partial charge in [-0.2, -0.15) is 0 Å². The van der Waals surface area contributed by atoms with Crippen LogP contribution in [0.5, 0.6) is 0 Å². The number of benzene rings is 1. The SMILES string of the molecule is O=Cc1c(-c2cccc([N+](=O)[O-])c2)[nH]c2ncc(-c3cccnc3)cc12. The van der Waals surface area contributed by atoms with Gasteiger partial charge in [0.1, 0.15) is 5.65 Å². The van der Waals surface area contributed by atoms with Gasteiger partial charge < -0.3 is 4.98 Å². The molecule has 0 bridgehead atoms. The van der Waals surface area contributed by atoms with E-state index in [1.54, 1.807) is 30.7 Å². The first-order valence-electron chi connectivity index (χ1n) is 7.79. The number of nitro benzene ring substituents is 1. The maximum absolute atomic E-state index is 11.7. The van der Waals surface area contributed by atoms with Gasteiger partial charge in [-0.15, -0.1) is 0 Å². The van der Waals surface area contributed by atoms with Gasteiger partial charge in [-0.25, -0.2) is 4.98 Å². The van der Waals surface area contributed by atoms with Crippen molar-refractivity contribution in [2.24, 2.45) is 0 Å². The average Bonchev–Trinajstić information content (AvgIpc) is 3.06. The highest BCUT2D eigenvalue weighted by Crippen LogP contribution is 2.32. The number of pyridine rings is 2. The Morgan fingerprint density at radius 1 is 1.04 bits per heavy atom. The number of nitro groups is 1. The standard InChI is InChI=1S/C19H12N4O3/c24-11-17-16-8-14(13-4-2-6-20-9-13)10-21-19(16)22-18(17)12-3-1-5-15(7-12)23(25)26/h1-11H,(H,21,22). The average molecular weight is 344 g/mol. The molecule has 3 aromatic heterocycles. The number of hydrogen-bond donors (Lipinski definition) is 1. The highest BCUT2D eigenvalue weighted by molar-refractivity contribution is 6.04. The maximum atomic E-state index is 11.7. The van der Waals surface area contributed by atoms with E-state index < -0.39 is 4.92 Å². The zero-order valence-electron chi connectivity index (χ0n) is 13.4. The molecule has 0 spiro atoms. The first-order chi connectivity index (χ1) is 12.7. The van der Waals surface area contributed by atoms with E-state index in [-0.39, 0.29) is 5.69 Å². The van der Waals surface area contributed by atoms with Crippen molar-refractivity contribution in [1.29, 1.82) is 0 Å². The van der Waals surface area contributed by atoms with Crippen LogP contribution >= 0.6 is 0 Å². The van der Waals surface area contributed by atoms with Crippen molar-refractivity contribution in [1.82, 2.24) is 15.0 Å². The Kier molecular flexibility index (Phi) is 3.74. The van der Waals surface area contributed by atoms with Crippen molar-refractivity contribution in [2.45, 2.75) is 0 Å². The van der Waals surface area contributed by atoms with Crippen LogP contribution in [0, 0.1) is 10.1 Å². The summed E-state index contributed by atoms with van der Waals surface area (Å²) in [6, 6.07) is 11.7. The zero-order valence-corrected chi connectivity index (χ0v) is 13.4. The van der Waals surface area contributed by atoms with Gasteiger partial charge in [0.25, 0.3) is 5.69 Å². The van der Waals surface area contributed by atoms with E-state index >= 15 is 0 Å². The van der Waals surface area contributed by atoms with Gasteiger partial charge in [0.15, 0.2) is 6.29 Å². The van der Waals surface area contributed by atoms with E-state index in [9.17, 15) is 14.9 Å². The molecule has 0 unspecified atom stereocenters. The molecule has 1 aromatic carbocycles. The van der Waals surface area contributed by atoms with E-state index in [0.29, 0.717) is 27.9 Å². The molecule has 1 N–H and O–H groups in total. The monoisotopic (exact) mass is 344 g/mol. The lowest BCUT2D eigenvalue weighted by molar-refractivity contribution is -0.384. The smallest absolute Gasteiger partial charge is 0.270 e. The van der Waals surface area contributed by atoms with Crippen molar-refractivity contribution >= 4 is 23.0 Å². The Morgan fingerprint density at radius 3 is 2.62 bits per heavy atom. The number of rotatable bonds is 4. The Morgan fingerprint density at radius 2 is 1.88 bits per heavy atom. The van der Waals surface area contributed by atoms with Crippen molar-refractivity contribution < 1.29 is 9.72 Å². The number of nitrogens with zero attached hydrogens (tertiary/aromatic N) is 3. The molecule has 4 aromatic rings. The first-order valence-corrected chi connectivity index (χ1v) is 7.79. The van der Waals surface area contributed by atoms with Crippen LogP contribution in [-0.2, 0) is 0 Å². The fraction of sp³-hybridized carbons (Fsp3) is 0. The third-order valence-corrected chi connectivity index (χ3v) is 4.15. The number of non-ortho nitro benzene ring substituents is 1. The van der Waals surface area contributed by atoms with Crippen molar-refractivity contribution in [3.05, 3.63) is 76.7 Å². The molecule has 0 aliphatic heterocycles. The van der Waals surface area contributed by atoms with Crippen LogP contribution in [0.4, 0.5) is 5.69 Å². The van der Waals surface area contributed by atoms with Crippen molar-refractivity contribution in [2.75, 3.05) is 0 Å². The van der Waals surface area contributed by atoms with Crippen molar-refractivity contribution in [3.8, 4) is 22.4 Å². The molecule has 0 fully saturated rings. The van der Waals surface area contributed by atoms with Gasteiger partial charge in [0, 0.05) is 58.4 Å². The number of H-pyrrole nitrogens is 1. The summed E-state index contributed by atoms with van der Waals surface area (Å²) in [6.45, 7) is 0. The molecular formula is C19H12N4O3. The third-order valence-electron chi connectivity index (χ3n) is 4.15. The molecule has 0 saturated heterocycles. The second-order valence-electron chi connectivity index (χ2n) is 5.70. The third kappa shape index (κ3) is 2.61. The molecule has 3 heterocycles. The predicted octanol–water partition coefficient (Wildman–Crippen LogP) is 4.01. The summed E-state index contributed by atoms with van der Waals surface area (Å²) >= 11 is 0. The number of aldehydes is 1. The van der Waals surface area contributed by atoms with E-state index in [1.807, 2.05) is 18.2 Å². The zero-order chi connectivity index (χ0) is 18.1. The minimum atomic E-state index is -0.467. The van der Waals surface area contributed by atoms with E-state index in [0.717, 1.165) is 17.4 Å². The highest BCUT2D eigenvalue weighted by atomic mass is 16.6. The van der Waals surface area contributed by atoms with Gasteiger partial charge in [-0.05, 0) is 12.1 Å². The van der Waals surface area contributed by atoms with Gasteiger partial charge in [-0.3, -0.25) is 19.9 Å². The van der Waals surface area contributed by atoms with Crippen molar-refractivity contribution in [3.63, 3.8) is 0 Å². The fourth-order valence-electron chi connectivity index (χ4n) is 2.91. The van der Waals surface area contributed by atoms with Crippen LogP contribution < -0.4 is 0 Å². The lowest BCUT2D eigenvalue weighted by Crippen LogP contribution is -1.90. The number of nitrogens with one attached hydrogen (secondary N) is 1. The van der Waals surface area contributed by atoms with Crippen LogP contribution in [0.1, 0.15) is 10.4 Å². The summed E-state index contributed by atoms with van der Waals surface area (Å²) in [4.78, 5) is 33.9. The number of aromatic nitrogens is 3. The summed E-state index contributed by atoms with van der Waals surface area (Å²) in [6.07, 6.45) is 5.84. The summed E-state index contributed by atoms with van der Waals surface area (Å²) in [5.74, 6) is 0. The number of fused-ring (bicyclic) bond motifs is 1. The predicted molar refractivity (Wildman–Crippen MR) is 96.8 cm³/mol. The Hall–Kier alpha value is -3.87. The molecular weight excluding hydrogens is 332 g/mol. The normalized spacial score (nSPS) is 10.8. The van der Waals surface area contributed by atoms with E-state index in [4.69, 9.17) is 0 Å². The number of hydrogen-bond acceptors (Lipinski definition) is 5. The molecule has 0 radical (unpaired) electrons. The van der Waals surface area contributed by atoms with Crippen LogP contribution in [0.3, 0.4) is 0 Å². The Balaban J connectivity index is 1.91. The lowest BCUT2D eigenvalue weighted by Gasteiger charge is -2.01. The minimum Gasteiger partial charge on any atom is -0.339 e. The Bertz CT molecular complexity index is 1140. The minimum absolute atomic E-state index is 0.0398. The lowest BCUT2D eigenvalue weighted by atomic mass is 10.0. The van der Waals surface area contributed by atoms with E-state index in [2.05, 4.69) is 15.0 Å². The van der Waals surface area contributed by atoms with Gasteiger partial charge in [0.2, 0.25) is 0 Å². The summed E-state index contributed by atoms with van der Waals surface area (Å²) in [7, 11) is 0. The summed E-state index contributed by atoms with van der Waals surface area (Å²) in [5, 5.41) is 11.7. The molecule has 7 heteroatoms. The van der Waals surface area contributed by atoms with E-state index in [1.165, 1.54) is 12.1 Å². The van der Waals surface area contributed by atoms with Gasteiger partial charge in [0.05, 0.1) is 10.6 Å². The van der Waals surface area contributed by atoms with Gasteiger partial charge >= 0.3 is 0 Å². The molecule has 0 saturated carbocycles. The molecule has 0 aliphatic rings. The molecule has 26 heavy (non-hydrogen) atoms. The molecule has 0 atom stereocenters. The van der Waals surface area contributed by atoms with Gasteiger partial charge in [-0.1, -0.05) is 18.2 Å². The molecule has 0 aliphatic carbocycles. The number of carbonyl (C=O) groups excluding carboxylic acids is 1. The maximum Gasteiger partial charge on any atom is 0.270 e. The number of carbonyl (C=O) groups is 1. The quantitative estimate of drug-likeness (QED) is 0.342. The second kappa shape index (κ2) is 6.21. The van der Waals surface area contributed by atoms with Crippen LogP contribution in [0.25, 0.3) is 33.4 Å². The summed E-state index contributed by atoms with van der Waals surface area (Å²) in [5.41, 5.74) is 3.70. The molecule has 0 amide bonds. The number of aromatic amines is 1. The van der Waals surface area contributed by atoms with Crippen LogP contribution in [-0.4, -0.2) is 26.2 Å². The molecule has 7 nitrogen and oxygen atoms in total. The Labute approximate surface area is 147 Å². The first kappa shape index (κ1) is 15.6. The van der Waals surface area contributed by atoms with Crippen LogP contribution in [0.15, 0.2) is 61.1 Å². The molecule has 126 valence electrons. The second-order valence-corrected chi connectivity index (χ2v) is 5.70. The van der Waals surface area contributed by atoms with Crippen LogP contribution in [0.2, 0.25) is 0 Å². The summed E-state index contributed by atoms with van der Waals surface area (Å²) < 4.78 is 0. The largest absolute Gasteiger partial charge is 0.339 e. The highest BCUT2D eigenvalue weighted by Gasteiger charge is 2.16. The molecule has 4 rings (SSSR count). The fourth-order valence-corrected chi connectivity index (χ4v) is 2.91. The topological polar surface area (TPSA) is 102 Å².